The van der Waals surface area contributed by atoms with Gasteiger partial charge in [-0.15, -0.1) is 0 Å². The molecule has 0 heterocycles. The lowest BCUT2D eigenvalue weighted by Crippen LogP contribution is -2.17. The van der Waals surface area contributed by atoms with Crippen molar-refractivity contribution in [2.75, 3.05) is 0 Å². The topological polar surface area (TPSA) is 0 Å². The Morgan fingerprint density at radius 3 is 1.94 bits per heavy atom. The minimum Gasteiger partial charge on any atom is -0.0610 e. The highest BCUT2D eigenvalue weighted by molar-refractivity contribution is 6.32. The molecule has 8 rings (SSSR count). The second-order valence-corrected chi connectivity index (χ2v) is 12.2. The number of hydrogen-bond acceptors (Lipinski definition) is 0. The van der Waals surface area contributed by atoms with Gasteiger partial charge in [0.2, 0.25) is 0 Å². The minimum atomic E-state index is -0.0131. The summed E-state index contributed by atoms with van der Waals surface area (Å²) in [5.74, 6) is 0. The van der Waals surface area contributed by atoms with E-state index >= 15 is 0 Å². The molecule has 0 aliphatic heterocycles. The fourth-order valence-corrected chi connectivity index (χ4v) is 6.98. The summed E-state index contributed by atoms with van der Waals surface area (Å²) in [6.07, 6.45) is 0. The molecule has 0 radical (unpaired) electrons. The zero-order chi connectivity index (χ0) is 23.9. The molecule has 6 aromatic rings. The summed E-state index contributed by atoms with van der Waals surface area (Å²) in [7, 11) is 0. The predicted molar refractivity (Wildman–Crippen MR) is 151 cm³/mol. The van der Waals surface area contributed by atoms with Gasteiger partial charge in [-0.2, -0.15) is 0 Å². The summed E-state index contributed by atoms with van der Waals surface area (Å²) < 4.78 is 0. The molecule has 168 valence electrons. The van der Waals surface area contributed by atoms with Gasteiger partial charge in [-0.05, 0) is 106 Å². The van der Waals surface area contributed by atoms with Gasteiger partial charge in [-0.1, -0.05) is 95.3 Å². The first-order valence-electron chi connectivity index (χ1n) is 12.8. The Bertz CT molecular complexity index is 1890. The maximum Gasteiger partial charge on any atom is 0.0159 e. The lowest BCUT2D eigenvalue weighted by atomic mass is 9.78. The van der Waals surface area contributed by atoms with Gasteiger partial charge >= 0.3 is 0 Å². The lowest BCUT2D eigenvalue weighted by Gasteiger charge is -2.25. The highest BCUT2D eigenvalue weighted by Crippen LogP contribution is 2.57. The molecule has 0 spiro atoms. The van der Waals surface area contributed by atoms with Crippen molar-refractivity contribution in [2.24, 2.45) is 0 Å². The molecule has 0 atom stereocenters. The maximum absolute atomic E-state index is 2.52. The summed E-state index contributed by atoms with van der Waals surface area (Å²) in [5.41, 5.74) is 12.9. The molecule has 0 fully saturated rings. The van der Waals surface area contributed by atoms with Gasteiger partial charge in [0, 0.05) is 5.41 Å². The van der Waals surface area contributed by atoms with Crippen LogP contribution in [0.1, 0.15) is 51.3 Å². The standard InChI is InChI=1S/C35H28/c1-34(2,3)22-12-14-23-27-17-25-26(18-30(27)35(4,5)29(23)16-22)24-13-11-20-10-9-19-7-6-8-21-15-28(25)33(24)32(20)31(19)21/h6-18H,1-5H3. The van der Waals surface area contributed by atoms with E-state index in [1.54, 1.807) is 0 Å². The van der Waals surface area contributed by atoms with Gasteiger partial charge in [0.05, 0.1) is 0 Å². The van der Waals surface area contributed by atoms with E-state index in [1.807, 2.05) is 0 Å². The molecular weight excluding hydrogens is 420 g/mol. The van der Waals surface area contributed by atoms with Crippen molar-refractivity contribution < 1.29 is 0 Å². The Morgan fingerprint density at radius 1 is 0.486 bits per heavy atom. The van der Waals surface area contributed by atoms with Crippen LogP contribution in [0.3, 0.4) is 0 Å². The number of hydrogen-bond donors (Lipinski definition) is 0. The summed E-state index contributed by atoms with van der Waals surface area (Å²) in [6.45, 7) is 11.7. The Balaban J connectivity index is 1.47. The van der Waals surface area contributed by atoms with E-state index in [9.17, 15) is 0 Å². The van der Waals surface area contributed by atoms with Crippen molar-refractivity contribution in [3.8, 4) is 33.4 Å². The van der Waals surface area contributed by atoms with E-state index < -0.39 is 0 Å². The first-order chi connectivity index (χ1) is 16.7. The second kappa shape index (κ2) is 5.94. The van der Waals surface area contributed by atoms with Gasteiger partial charge in [0.15, 0.2) is 0 Å². The summed E-state index contributed by atoms with van der Waals surface area (Å²) in [5, 5.41) is 8.30. The van der Waals surface area contributed by atoms with Crippen LogP contribution in [0.2, 0.25) is 0 Å². The molecule has 2 aliphatic rings. The van der Waals surface area contributed by atoms with Crippen LogP contribution in [0.15, 0.2) is 78.9 Å². The zero-order valence-electron chi connectivity index (χ0n) is 21.0. The Hall–Kier alpha value is -3.64. The summed E-state index contributed by atoms with van der Waals surface area (Å²) in [4.78, 5) is 0. The van der Waals surface area contributed by atoms with Gasteiger partial charge < -0.3 is 0 Å². The molecule has 0 heteroatoms. The fraction of sp³-hybridized carbons (Fsp3) is 0.200. The SMILES string of the molecule is CC(C)(C)c1ccc2c(c1)C(C)(C)c1cc3c(cc1-2)-c1cc2cccc4ccc5ccc-3c1c5c42. The molecule has 6 aromatic carbocycles. The predicted octanol–water partition coefficient (Wildman–Crippen LogP) is 9.84. The summed E-state index contributed by atoms with van der Waals surface area (Å²) in [6, 6.07) is 30.6. The molecule has 0 saturated heterocycles. The first kappa shape index (κ1) is 19.6. The smallest absolute Gasteiger partial charge is 0.0159 e. The minimum absolute atomic E-state index is 0.0131. The van der Waals surface area contributed by atoms with Crippen LogP contribution >= 0.6 is 0 Å². The van der Waals surface area contributed by atoms with E-state index in [-0.39, 0.29) is 10.8 Å². The first-order valence-corrected chi connectivity index (χ1v) is 12.8. The third kappa shape index (κ3) is 2.29. The van der Waals surface area contributed by atoms with Gasteiger partial charge in [0.1, 0.15) is 0 Å². The molecule has 2 aliphatic carbocycles. The van der Waals surface area contributed by atoms with Crippen molar-refractivity contribution in [1.29, 1.82) is 0 Å². The second-order valence-electron chi connectivity index (χ2n) is 12.2. The normalized spacial score (nSPS) is 15.2. The Kier molecular flexibility index (Phi) is 3.34. The third-order valence-electron chi connectivity index (χ3n) is 8.89. The Labute approximate surface area is 206 Å². The molecule has 0 saturated carbocycles. The van der Waals surface area contributed by atoms with E-state index in [0.29, 0.717) is 0 Å². The quantitative estimate of drug-likeness (QED) is 0.203. The highest BCUT2D eigenvalue weighted by Gasteiger charge is 2.38. The van der Waals surface area contributed by atoms with Crippen LogP contribution in [-0.4, -0.2) is 0 Å². The van der Waals surface area contributed by atoms with Crippen LogP contribution in [0.5, 0.6) is 0 Å². The monoisotopic (exact) mass is 448 g/mol. The van der Waals surface area contributed by atoms with Gasteiger partial charge in [-0.3, -0.25) is 0 Å². The molecule has 35 heavy (non-hydrogen) atoms. The maximum atomic E-state index is 2.52. The zero-order valence-corrected chi connectivity index (χ0v) is 21.0. The average molecular weight is 449 g/mol. The van der Waals surface area contributed by atoms with Crippen molar-refractivity contribution in [2.45, 2.75) is 45.4 Å². The third-order valence-corrected chi connectivity index (χ3v) is 8.89. The van der Waals surface area contributed by atoms with Crippen LogP contribution in [0, 0.1) is 0 Å². The van der Waals surface area contributed by atoms with Crippen molar-refractivity contribution in [1.82, 2.24) is 0 Å². The molecule has 0 aromatic heterocycles. The van der Waals surface area contributed by atoms with E-state index in [2.05, 4.69) is 113 Å². The molecule has 0 nitrogen and oxygen atoms in total. The molecule has 0 amide bonds. The number of benzene rings is 6. The number of rotatable bonds is 0. The molecular formula is C35H28. The highest BCUT2D eigenvalue weighted by atomic mass is 14.4. The molecule has 0 bridgehead atoms. The molecule has 0 N–H and O–H groups in total. The van der Waals surface area contributed by atoms with Gasteiger partial charge in [-0.25, -0.2) is 0 Å². The van der Waals surface area contributed by atoms with Crippen LogP contribution < -0.4 is 0 Å². The molecule has 0 unspecified atom stereocenters. The van der Waals surface area contributed by atoms with Crippen LogP contribution in [-0.2, 0) is 10.8 Å². The van der Waals surface area contributed by atoms with Crippen molar-refractivity contribution >= 4 is 32.3 Å². The van der Waals surface area contributed by atoms with Crippen LogP contribution in [0.4, 0.5) is 0 Å². The Morgan fingerprint density at radius 2 is 1.14 bits per heavy atom. The van der Waals surface area contributed by atoms with Crippen molar-refractivity contribution in [3.63, 3.8) is 0 Å². The average Bonchev–Trinajstić information content (AvgIpc) is 3.27. The van der Waals surface area contributed by atoms with E-state index in [4.69, 9.17) is 0 Å². The lowest BCUT2D eigenvalue weighted by molar-refractivity contribution is 0.585. The van der Waals surface area contributed by atoms with E-state index in [0.717, 1.165) is 0 Å². The van der Waals surface area contributed by atoms with Crippen LogP contribution in [0.25, 0.3) is 65.7 Å². The van der Waals surface area contributed by atoms with Gasteiger partial charge in [0.25, 0.3) is 0 Å². The van der Waals surface area contributed by atoms with E-state index in [1.165, 1.54) is 82.4 Å². The number of fused-ring (bicyclic) bond motifs is 6. The summed E-state index contributed by atoms with van der Waals surface area (Å²) >= 11 is 0. The van der Waals surface area contributed by atoms with Crippen molar-refractivity contribution in [3.05, 3.63) is 95.6 Å². The fourth-order valence-electron chi connectivity index (χ4n) is 6.98. The largest absolute Gasteiger partial charge is 0.0610 e.